The Hall–Kier alpha value is -1.75. The van der Waals surface area contributed by atoms with Crippen molar-refractivity contribution in [2.45, 2.75) is 6.04 Å². The maximum Gasteiger partial charge on any atom is 0.242 e. The number of hydrogen-bond donors (Lipinski definition) is 1. The van der Waals surface area contributed by atoms with Crippen LogP contribution in [0.2, 0.25) is 0 Å². The highest BCUT2D eigenvalue weighted by Gasteiger charge is 2.29. The minimum atomic E-state index is 0.148. The molecule has 1 aliphatic rings. The molecule has 1 amide bonds. The molecule has 0 aliphatic carbocycles. The Morgan fingerprint density at radius 1 is 1.47 bits per heavy atom. The summed E-state index contributed by atoms with van der Waals surface area (Å²) in [7, 11) is 5.42. The number of ether oxygens (including phenoxy) is 1. The summed E-state index contributed by atoms with van der Waals surface area (Å²) >= 11 is 0. The minimum absolute atomic E-state index is 0.148. The molecule has 0 bridgehead atoms. The van der Waals surface area contributed by atoms with Crippen LogP contribution in [0.5, 0.6) is 5.75 Å². The van der Waals surface area contributed by atoms with E-state index in [0.29, 0.717) is 6.54 Å². The van der Waals surface area contributed by atoms with Gasteiger partial charge in [0.15, 0.2) is 0 Å². The SMILES string of the molecule is CNCC1CN(c2cccc(OC)c2)CC(=O)N1C. The molecule has 104 valence electrons. The van der Waals surface area contributed by atoms with E-state index in [1.807, 2.05) is 43.3 Å². The summed E-state index contributed by atoms with van der Waals surface area (Å²) in [5.41, 5.74) is 1.03. The Labute approximate surface area is 114 Å². The number of carbonyl (C=O) groups excluding carboxylic acids is 1. The molecule has 1 unspecified atom stereocenters. The number of carbonyl (C=O) groups is 1. The Balaban J connectivity index is 2.17. The van der Waals surface area contributed by atoms with E-state index in [4.69, 9.17) is 4.74 Å². The molecule has 19 heavy (non-hydrogen) atoms. The summed E-state index contributed by atoms with van der Waals surface area (Å²) in [6, 6.07) is 8.03. The first kappa shape index (κ1) is 13.7. The largest absolute Gasteiger partial charge is 0.497 e. The van der Waals surface area contributed by atoms with Crippen LogP contribution in [0.15, 0.2) is 24.3 Å². The number of benzene rings is 1. The molecule has 2 rings (SSSR count). The molecule has 1 heterocycles. The van der Waals surface area contributed by atoms with Gasteiger partial charge in [0.1, 0.15) is 5.75 Å². The van der Waals surface area contributed by atoms with Gasteiger partial charge in [-0.05, 0) is 19.2 Å². The Morgan fingerprint density at radius 2 is 2.26 bits per heavy atom. The van der Waals surface area contributed by atoms with Crippen LogP contribution in [0.3, 0.4) is 0 Å². The normalized spacial score (nSPS) is 19.7. The molecule has 1 fully saturated rings. The molecular formula is C14H21N3O2. The molecule has 1 aliphatic heterocycles. The van der Waals surface area contributed by atoms with Crippen LogP contribution in [0.25, 0.3) is 0 Å². The highest BCUT2D eigenvalue weighted by atomic mass is 16.5. The first-order valence-corrected chi connectivity index (χ1v) is 6.45. The van der Waals surface area contributed by atoms with Gasteiger partial charge >= 0.3 is 0 Å². The average molecular weight is 263 g/mol. The van der Waals surface area contributed by atoms with Crippen LogP contribution < -0.4 is 15.0 Å². The van der Waals surface area contributed by atoms with Crippen molar-refractivity contribution in [2.24, 2.45) is 0 Å². The first-order chi connectivity index (χ1) is 9.15. The van der Waals surface area contributed by atoms with E-state index in [1.54, 1.807) is 7.11 Å². The second-order valence-electron chi connectivity index (χ2n) is 4.80. The van der Waals surface area contributed by atoms with Crippen LogP contribution in [0.1, 0.15) is 0 Å². The zero-order valence-electron chi connectivity index (χ0n) is 11.7. The van der Waals surface area contributed by atoms with Crippen molar-refractivity contribution in [3.8, 4) is 5.75 Å². The third-order valence-corrected chi connectivity index (χ3v) is 3.56. The van der Waals surface area contributed by atoms with Gasteiger partial charge < -0.3 is 19.9 Å². The highest BCUT2D eigenvalue weighted by molar-refractivity contribution is 5.83. The monoisotopic (exact) mass is 263 g/mol. The van der Waals surface area contributed by atoms with Crippen LogP contribution in [-0.4, -0.2) is 57.7 Å². The predicted octanol–water partition coefficient (Wildman–Crippen LogP) is 0.562. The summed E-state index contributed by atoms with van der Waals surface area (Å²) in [5.74, 6) is 0.961. The van der Waals surface area contributed by atoms with Gasteiger partial charge in [0.2, 0.25) is 5.91 Å². The van der Waals surface area contributed by atoms with Crippen LogP contribution in [0, 0.1) is 0 Å². The second kappa shape index (κ2) is 5.93. The molecule has 5 nitrogen and oxygen atoms in total. The fourth-order valence-electron chi connectivity index (χ4n) is 2.36. The van der Waals surface area contributed by atoms with Crippen molar-refractivity contribution in [1.29, 1.82) is 0 Å². The number of nitrogens with one attached hydrogen (secondary N) is 1. The minimum Gasteiger partial charge on any atom is -0.497 e. The predicted molar refractivity (Wildman–Crippen MR) is 75.7 cm³/mol. The van der Waals surface area contributed by atoms with Gasteiger partial charge in [0.05, 0.1) is 19.7 Å². The van der Waals surface area contributed by atoms with E-state index < -0.39 is 0 Å². The smallest absolute Gasteiger partial charge is 0.242 e. The number of methoxy groups -OCH3 is 1. The Kier molecular flexibility index (Phi) is 4.27. The van der Waals surface area contributed by atoms with Gasteiger partial charge in [-0.2, -0.15) is 0 Å². The summed E-state index contributed by atoms with van der Waals surface area (Å²) < 4.78 is 5.23. The third-order valence-electron chi connectivity index (χ3n) is 3.56. The van der Waals surface area contributed by atoms with E-state index >= 15 is 0 Å². The Morgan fingerprint density at radius 3 is 2.95 bits per heavy atom. The third kappa shape index (κ3) is 2.98. The van der Waals surface area contributed by atoms with Gasteiger partial charge in [-0.3, -0.25) is 4.79 Å². The lowest BCUT2D eigenvalue weighted by Crippen LogP contribution is -2.57. The van der Waals surface area contributed by atoms with Crippen LogP contribution >= 0.6 is 0 Å². The second-order valence-corrected chi connectivity index (χ2v) is 4.80. The topological polar surface area (TPSA) is 44.8 Å². The molecule has 0 radical (unpaired) electrons. The van der Waals surface area contributed by atoms with E-state index in [0.717, 1.165) is 24.5 Å². The molecular weight excluding hydrogens is 242 g/mol. The zero-order valence-corrected chi connectivity index (χ0v) is 11.7. The van der Waals surface area contributed by atoms with Crippen LogP contribution in [0.4, 0.5) is 5.69 Å². The van der Waals surface area contributed by atoms with Gasteiger partial charge in [-0.15, -0.1) is 0 Å². The molecule has 1 saturated heterocycles. The maximum absolute atomic E-state index is 12.0. The van der Waals surface area contributed by atoms with Gasteiger partial charge in [0, 0.05) is 31.9 Å². The zero-order chi connectivity index (χ0) is 13.8. The lowest BCUT2D eigenvalue weighted by atomic mass is 10.1. The molecule has 1 aromatic rings. The molecule has 1 aromatic carbocycles. The molecule has 1 atom stereocenters. The molecule has 1 N–H and O–H groups in total. The average Bonchev–Trinajstić information content (AvgIpc) is 2.44. The van der Waals surface area contributed by atoms with E-state index in [9.17, 15) is 4.79 Å². The fourth-order valence-corrected chi connectivity index (χ4v) is 2.36. The summed E-state index contributed by atoms with van der Waals surface area (Å²) in [6.45, 7) is 2.04. The number of hydrogen-bond acceptors (Lipinski definition) is 4. The fraction of sp³-hybridized carbons (Fsp3) is 0.500. The molecule has 0 saturated carbocycles. The number of rotatable bonds is 4. The maximum atomic E-state index is 12.0. The van der Waals surface area contributed by atoms with Crippen molar-refractivity contribution >= 4 is 11.6 Å². The van der Waals surface area contributed by atoms with Crippen molar-refractivity contribution in [1.82, 2.24) is 10.2 Å². The standard InChI is InChI=1S/C14H21N3O2/c1-15-8-12-9-17(10-14(18)16(12)2)11-5-4-6-13(7-11)19-3/h4-7,12,15H,8-10H2,1-3H3. The summed E-state index contributed by atoms with van der Waals surface area (Å²) in [4.78, 5) is 16.0. The number of piperazine rings is 1. The van der Waals surface area contributed by atoms with E-state index in [-0.39, 0.29) is 11.9 Å². The number of nitrogens with zero attached hydrogens (tertiary/aromatic N) is 2. The van der Waals surface area contributed by atoms with Gasteiger partial charge in [0.25, 0.3) is 0 Å². The quantitative estimate of drug-likeness (QED) is 0.862. The van der Waals surface area contributed by atoms with Crippen LogP contribution in [-0.2, 0) is 4.79 Å². The number of anilines is 1. The summed E-state index contributed by atoms with van der Waals surface area (Å²) in [6.07, 6.45) is 0. The lowest BCUT2D eigenvalue weighted by Gasteiger charge is -2.40. The lowest BCUT2D eigenvalue weighted by molar-refractivity contribution is -0.131. The van der Waals surface area contributed by atoms with Crippen molar-refractivity contribution < 1.29 is 9.53 Å². The van der Waals surface area contributed by atoms with Gasteiger partial charge in [-0.1, -0.05) is 6.07 Å². The molecule has 0 aromatic heterocycles. The highest BCUT2D eigenvalue weighted by Crippen LogP contribution is 2.23. The van der Waals surface area contributed by atoms with Crippen molar-refractivity contribution in [3.63, 3.8) is 0 Å². The first-order valence-electron chi connectivity index (χ1n) is 6.45. The van der Waals surface area contributed by atoms with E-state index in [2.05, 4.69) is 10.2 Å². The Bertz CT molecular complexity index is 450. The number of amides is 1. The summed E-state index contributed by atoms with van der Waals surface area (Å²) in [5, 5.41) is 3.14. The molecule has 5 heteroatoms. The van der Waals surface area contributed by atoms with Crippen molar-refractivity contribution in [3.05, 3.63) is 24.3 Å². The van der Waals surface area contributed by atoms with E-state index in [1.165, 1.54) is 0 Å². The van der Waals surface area contributed by atoms with Gasteiger partial charge in [-0.25, -0.2) is 0 Å². The van der Waals surface area contributed by atoms with Crippen molar-refractivity contribution in [2.75, 3.05) is 45.7 Å². The number of likely N-dealkylation sites (N-methyl/N-ethyl adjacent to an activating group) is 2. The molecule has 0 spiro atoms.